The van der Waals surface area contributed by atoms with Gasteiger partial charge in [-0.25, -0.2) is 0 Å². The molecule has 0 fully saturated rings. The van der Waals surface area contributed by atoms with E-state index in [2.05, 4.69) is 164 Å². The summed E-state index contributed by atoms with van der Waals surface area (Å²) in [4.78, 5) is 4.76. The van der Waals surface area contributed by atoms with Gasteiger partial charge in [-0.3, -0.25) is 4.98 Å². The Morgan fingerprint density at radius 2 is 1.22 bits per heavy atom. The maximum Gasteiger partial charge on any atom is 0.256 e. The van der Waals surface area contributed by atoms with Crippen molar-refractivity contribution in [1.29, 1.82) is 0 Å². The minimum Gasteiger partial charge on any atom is -0.458 e. The fraction of sp³-hybridized carbons (Fsp3) is 0.255. The van der Waals surface area contributed by atoms with Gasteiger partial charge in [0.05, 0.1) is 11.2 Å². The molecule has 0 atom stereocenters. The SMILES string of the molecule is CC(C)(C)c1ccc2c(c1)B1c3c(cc(-c4ccccc4-c4ccccn4)cc3-n3c4ccc(C(C)(C)C)cc4c4cc(C(C)(C)C)cc1c43)O2. The largest absolute Gasteiger partial charge is 0.458 e. The van der Waals surface area contributed by atoms with Crippen molar-refractivity contribution in [3.63, 3.8) is 0 Å². The molecule has 7 aromatic rings. The maximum absolute atomic E-state index is 7.03. The Labute approximate surface area is 302 Å². The number of rotatable bonds is 2. The molecule has 0 saturated heterocycles. The van der Waals surface area contributed by atoms with E-state index in [1.165, 1.54) is 60.6 Å². The van der Waals surface area contributed by atoms with Gasteiger partial charge in [0.1, 0.15) is 11.5 Å². The zero-order valence-corrected chi connectivity index (χ0v) is 31.3. The highest BCUT2D eigenvalue weighted by molar-refractivity contribution is 6.99. The summed E-state index contributed by atoms with van der Waals surface area (Å²) < 4.78 is 9.58. The summed E-state index contributed by atoms with van der Waals surface area (Å²) in [7, 11) is 0. The maximum atomic E-state index is 7.03. The summed E-state index contributed by atoms with van der Waals surface area (Å²) in [5.41, 5.74) is 15.9. The highest BCUT2D eigenvalue weighted by Crippen LogP contribution is 2.43. The monoisotopic (exact) mass is 664 g/mol. The van der Waals surface area contributed by atoms with Crippen molar-refractivity contribution in [3.8, 4) is 39.6 Å². The van der Waals surface area contributed by atoms with Crippen molar-refractivity contribution >= 4 is 44.9 Å². The molecule has 3 nitrogen and oxygen atoms in total. The molecule has 252 valence electrons. The first-order chi connectivity index (χ1) is 24.2. The molecule has 2 aliphatic rings. The Kier molecular flexibility index (Phi) is 6.69. The van der Waals surface area contributed by atoms with Crippen LogP contribution in [0.1, 0.15) is 79.0 Å². The van der Waals surface area contributed by atoms with Gasteiger partial charge >= 0.3 is 0 Å². The summed E-state index contributed by atoms with van der Waals surface area (Å²) in [5.74, 6) is 1.86. The lowest BCUT2D eigenvalue weighted by Crippen LogP contribution is -2.58. The van der Waals surface area contributed by atoms with Crippen LogP contribution in [0.5, 0.6) is 11.5 Å². The van der Waals surface area contributed by atoms with E-state index in [0.717, 1.165) is 33.9 Å². The van der Waals surface area contributed by atoms with Gasteiger partial charge < -0.3 is 9.30 Å². The average Bonchev–Trinajstić information content (AvgIpc) is 3.43. The molecule has 51 heavy (non-hydrogen) atoms. The van der Waals surface area contributed by atoms with Gasteiger partial charge in [-0.15, -0.1) is 0 Å². The molecule has 4 heteroatoms. The zero-order chi connectivity index (χ0) is 35.6. The first-order valence-corrected chi connectivity index (χ1v) is 18.3. The second kappa shape index (κ2) is 10.7. The first kappa shape index (κ1) is 31.9. The summed E-state index contributed by atoms with van der Waals surface area (Å²) in [6.45, 7) is 20.9. The van der Waals surface area contributed by atoms with E-state index in [-0.39, 0.29) is 23.0 Å². The van der Waals surface area contributed by atoms with E-state index in [1.54, 1.807) is 0 Å². The predicted octanol–water partition coefficient (Wildman–Crippen LogP) is 10.3. The molecule has 4 heterocycles. The van der Waals surface area contributed by atoms with Crippen LogP contribution in [0.15, 0.2) is 109 Å². The molecule has 0 amide bonds. The van der Waals surface area contributed by atoms with E-state index >= 15 is 0 Å². The number of aromatic nitrogens is 2. The molecule has 9 rings (SSSR count). The summed E-state index contributed by atoms with van der Waals surface area (Å²) in [6.07, 6.45) is 1.87. The van der Waals surface area contributed by atoms with Gasteiger partial charge in [-0.1, -0.05) is 117 Å². The molecular weight excluding hydrogens is 619 g/mol. The van der Waals surface area contributed by atoms with Crippen molar-refractivity contribution in [1.82, 2.24) is 9.55 Å². The summed E-state index contributed by atoms with van der Waals surface area (Å²) in [6, 6.07) is 38.4. The van der Waals surface area contributed by atoms with Crippen LogP contribution in [0.3, 0.4) is 0 Å². The molecule has 0 saturated carbocycles. The summed E-state index contributed by atoms with van der Waals surface area (Å²) >= 11 is 0. The van der Waals surface area contributed by atoms with Crippen molar-refractivity contribution in [2.75, 3.05) is 0 Å². The predicted molar refractivity (Wildman–Crippen MR) is 217 cm³/mol. The van der Waals surface area contributed by atoms with Crippen molar-refractivity contribution in [2.45, 2.75) is 78.6 Å². The smallest absolute Gasteiger partial charge is 0.256 e. The lowest BCUT2D eigenvalue weighted by atomic mass is 9.34. The third-order valence-electron chi connectivity index (χ3n) is 11.2. The van der Waals surface area contributed by atoms with Crippen LogP contribution in [0, 0.1) is 0 Å². The van der Waals surface area contributed by atoms with E-state index in [9.17, 15) is 0 Å². The Morgan fingerprint density at radius 1 is 0.569 bits per heavy atom. The van der Waals surface area contributed by atoms with Crippen LogP contribution >= 0.6 is 0 Å². The number of ether oxygens (including phenoxy) is 1. The third-order valence-corrected chi connectivity index (χ3v) is 11.2. The molecule has 0 unspecified atom stereocenters. The molecule has 2 aromatic heterocycles. The molecular formula is C47H45BN2O. The highest BCUT2D eigenvalue weighted by Gasteiger charge is 2.42. The Balaban J connectivity index is 1.43. The topological polar surface area (TPSA) is 27.1 Å². The van der Waals surface area contributed by atoms with Crippen LogP contribution in [-0.4, -0.2) is 16.3 Å². The normalized spacial score (nSPS) is 13.7. The number of benzene rings is 5. The van der Waals surface area contributed by atoms with Crippen LogP contribution in [0.25, 0.3) is 49.9 Å². The zero-order valence-electron chi connectivity index (χ0n) is 31.3. The summed E-state index contributed by atoms with van der Waals surface area (Å²) in [5, 5.41) is 2.63. The number of nitrogens with zero attached hydrogens (tertiary/aromatic N) is 2. The number of hydrogen-bond donors (Lipinski definition) is 0. The fourth-order valence-corrected chi connectivity index (χ4v) is 8.29. The minimum absolute atomic E-state index is 0.00663. The van der Waals surface area contributed by atoms with Gasteiger partial charge in [0.2, 0.25) is 0 Å². The minimum atomic E-state index is -0.0237. The lowest BCUT2D eigenvalue weighted by molar-refractivity contribution is 0.486. The molecule has 0 spiro atoms. The Bertz CT molecular complexity index is 2560. The number of pyridine rings is 1. The molecule has 0 radical (unpaired) electrons. The number of fused-ring (bicyclic) bond motifs is 7. The van der Waals surface area contributed by atoms with Crippen molar-refractivity contribution < 1.29 is 4.74 Å². The van der Waals surface area contributed by atoms with E-state index in [4.69, 9.17) is 9.72 Å². The number of hydrogen-bond acceptors (Lipinski definition) is 2. The van der Waals surface area contributed by atoms with Gasteiger partial charge in [-0.05, 0) is 109 Å². The molecule has 0 bridgehead atoms. The van der Waals surface area contributed by atoms with Crippen LogP contribution in [0.2, 0.25) is 0 Å². The second-order valence-corrected chi connectivity index (χ2v) is 17.7. The van der Waals surface area contributed by atoms with Crippen LogP contribution in [0.4, 0.5) is 0 Å². The van der Waals surface area contributed by atoms with E-state index < -0.39 is 0 Å². The van der Waals surface area contributed by atoms with Gasteiger partial charge in [0.25, 0.3) is 6.71 Å². The van der Waals surface area contributed by atoms with E-state index in [0.29, 0.717) is 0 Å². The van der Waals surface area contributed by atoms with E-state index in [1.807, 2.05) is 12.3 Å². The molecule has 0 aliphatic carbocycles. The second-order valence-electron chi connectivity index (χ2n) is 17.7. The third kappa shape index (κ3) is 4.90. The first-order valence-electron chi connectivity index (χ1n) is 18.3. The fourth-order valence-electron chi connectivity index (χ4n) is 8.29. The van der Waals surface area contributed by atoms with Gasteiger partial charge in [0, 0.05) is 33.7 Å². The van der Waals surface area contributed by atoms with Crippen LogP contribution < -0.4 is 21.1 Å². The highest BCUT2D eigenvalue weighted by atomic mass is 16.5. The standard InChI is InChI=1S/C47H45BN2O/c1-45(2,3)29-17-19-39-34(24-29)35-25-31(47(7,8)9)27-37-44(35)50(39)40-22-28(32-14-10-11-15-33(32)38-16-12-13-21-49-38)23-42-43(40)48(37)36-26-30(46(4,5)6)18-20-41(36)51-42/h10-27H,1-9H3. The van der Waals surface area contributed by atoms with Crippen molar-refractivity contribution in [3.05, 3.63) is 126 Å². The quantitative estimate of drug-likeness (QED) is 0.172. The Hall–Kier alpha value is -5.09. The van der Waals surface area contributed by atoms with Gasteiger partial charge in [-0.2, -0.15) is 0 Å². The lowest BCUT2D eigenvalue weighted by Gasteiger charge is -2.35. The van der Waals surface area contributed by atoms with Crippen LogP contribution in [-0.2, 0) is 16.2 Å². The molecule has 0 N–H and O–H groups in total. The molecule has 2 aliphatic heterocycles. The van der Waals surface area contributed by atoms with Crippen molar-refractivity contribution in [2.24, 2.45) is 0 Å². The average molecular weight is 665 g/mol. The van der Waals surface area contributed by atoms with Gasteiger partial charge in [0.15, 0.2) is 0 Å². The molecule has 5 aromatic carbocycles. The Morgan fingerprint density at radius 3 is 1.92 bits per heavy atom.